The Balaban J connectivity index is 2.02. The Morgan fingerprint density at radius 2 is 1.77 bits per heavy atom. The summed E-state index contributed by atoms with van der Waals surface area (Å²) in [5.74, 6) is 1.30. The summed E-state index contributed by atoms with van der Waals surface area (Å²) in [6.07, 6.45) is 5.56. The maximum atomic E-state index is 12.6. The number of amides is 1. The topological polar surface area (TPSA) is 29.5 Å². The highest BCUT2D eigenvalue weighted by molar-refractivity contribution is 5.81. The van der Waals surface area contributed by atoms with Crippen LogP contribution in [0.2, 0.25) is 0 Å². The quantitative estimate of drug-likeness (QED) is 0.808. The summed E-state index contributed by atoms with van der Waals surface area (Å²) in [6.45, 7) is 6.14. The molecule has 0 bridgehead atoms. The standard InChI is InChI=1S/C19H29NO2/c1-14(2)17-12-8-9-13-18(17)22-15(3)19(21)20(4)16-10-6-5-7-11-16/h8-9,12-16H,5-7,10-11H2,1-4H3/t15-/m1/s1. The zero-order valence-corrected chi connectivity index (χ0v) is 14.3. The third kappa shape index (κ3) is 4.02. The van der Waals surface area contributed by atoms with Gasteiger partial charge in [0.05, 0.1) is 0 Å². The maximum absolute atomic E-state index is 12.6. The van der Waals surface area contributed by atoms with E-state index in [4.69, 9.17) is 4.74 Å². The predicted octanol–water partition coefficient (Wildman–Crippen LogP) is 4.37. The first-order chi connectivity index (χ1) is 10.5. The highest BCUT2D eigenvalue weighted by Crippen LogP contribution is 2.27. The maximum Gasteiger partial charge on any atom is 0.263 e. The third-order valence-corrected chi connectivity index (χ3v) is 4.66. The van der Waals surface area contributed by atoms with Gasteiger partial charge in [-0.1, -0.05) is 51.3 Å². The van der Waals surface area contributed by atoms with E-state index in [1.165, 1.54) is 19.3 Å². The number of carbonyl (C=O) groups is 1. The fourth-order valence-corrected chi connectivity index (χ4v) is 3.24. The molecule has 1 atom stereocenters. The smallest absolute Gasteiger partial charge is 0.263 e. The Labute approximate surface area is 134 Å². The minimum absolute atomic E-state index is 0.0884. The van der Waals surface area contributed by atoms with Crippen LogP contribution >= 0.6 is 0 Å². The molecule has 3 nitrogen and oxygen atoms in total. The van der Waals surface area contributed by atoms with Crippen molar-refractivity contribution in [2.24, 2.45) is 0 Å². The van der Waals surface area contributed by atoms with Gasteiger partial charge in [-0.3, -0.25) is 4.79 Å². The normalized spacial score (nSPS) is 17.3. The molecular formula is C19H29NO2. The number of rotatable bonds is 5. The molecule has 0 aliphatic heterocycles. The van der Waals surface area contributed by atoms with Crippen LogP contribution in [0.25, 0.3) is 0 Å². The minimum Gasteiger partial charge on any atom is -0.481 e. The Kier molecular flexibility index (Phi) is 5.87. The molecule has 1 amide bonds. The zero-order chi connectivity index (χ0) is 16.1. The SMILES string of the molecule is CC(C)c1ccccc1O[C@H](C)C(=O)N(C)C1CCCCC1. The molecule has 0 spiro atoms. The van der Waals surface area contributed by atoms with Gasteiger partial charge in [-0.15, -0.1) is 0 Å². The van der Waals surface area contributed by atoms with Crippen molar-refractivity contribution in [1.29, 1.82) is 0 Å². The molecule has 0 radical (unpaired) electrons. The summed E-state index contributed by atoms with van der Waals surface area (Å²) in [5.41, 5.74) is 1.16. The van der Waals surface area contributed by atoms with Crippen LogP contribution in [0.3, 0.4) is 0 Å². The Morgan fingerprint density at radius 3 is 2.41 bits per heavy atom. The van der Waals surface area contributed by atoms with Crippen LogP contribution < -0.4 is 4.74 Å². The number of nitrogens with zero attached hydrogens (tertiary/aromatic N) is 1. The van der Waals surface area contributed by atoms with E-state index in [2.05, 4.69) is 19.9 Å². The van der Waals surface area contributed by atoms with Crippen molar-refractivity contribution in [3.63, 3.8) is 0 Å². The summed E-state index contributed by atoms with van der Waals surface area (Å²) >= 11 is 0. The van der Waals surface area contributed by atoms with Crippen LogP contribution in [0.4, 0.5) is 0 Å². The van der Waals surface area contributed by atoms with Gasteiger partial charge in [-0.25, -0.2) is 0 Å². The largest absolute Gasteiger partial charge is 0.481 e. The van der Waals surface area contributed by atoms with Gasteiger partial charge in [0, 0.05) is 13.1 Å². The molecular weight excluding hydrogens is 274 g/mol. The number of carbonyl (C=O) groups excluding carboxylic acids is 1. The second-order valence-corrected chi connectivity index (χ2v) is 6.69. The average molecular weight is 303 g/mol. The average Bonchev–Trinajstić information content (AvgIpc) is 2.54. The van der Waals surface area contributed by atoms with E-state index in [1.807, 2.05) is 37.1 Å². The van der Waals surface area contributed by atoms with Crippen molar-refractivity contribution in [2.75, 3.05) is 7.05 Å². The lowest BCUT2D eigenvalue weighted by Crippen LogP contribution is -2.44. The zero-order valence-electron chi connectivity index (χ0n) is 14.3. The molecule has 0 heterocycles. The van der Waals surface area contributed by atoms with E-state index < -0.39 is 6.10 Å². The van der Waals surface area contributed by atoms with Crippen molar-refractivity contribution in [2.45, 2.75) is 70.9 Å². The minimum atomic E-state index is -0.438. The first-order valence-corrected chi connectivity index (χ1v) is 8.53. The number of hydrogen-bond donors (Lipinski definition) is 0. The third-order valence-electron chi connectivity index (χ3n) is 4.66. The van der Waals surface area contributed by atoms with Gasteiger partial charge in [0.1, 0.15) is 5.75 Å². The molecule has 1 aliphatic carbocycles. The van der Waals surface area contributed by atoms with Crippen LogP contribution in [0.1, 0.15) is 64.4 Å². The first-order valence-electron chi connectivity index (χ1n) is 8.53. The first kappa shape index (κ1) is 16.9. The molecule has 122 valence electrons. The van der Waals surface area contributed by atoms with Crippen molar-refractivity contribution < 1.29 is 9.53 Å². The van der Waals surface area contributed by atoms with Gasteiger partial charge in [0.15, 0.2) is 6.10 Å². The monoisotopic (exact) mass is 303 g/mol. The van der Waals surface area contributed by atoms with Crippen molar-refractivity contribution in [3.8, 4) is 5.75 Å². The fraction of sp³-hybridized carbons (Fsp3) is 0.632. The highest BCUT2D eigenvalue weighted by Gasteiger charge is 2.27. The van der Waals surface area contributed by atoms with Gasteiger partial charge in [-0.05, 0) is 37.3 Å². The molecule has 1 saturated carbocycles. The lowest BCUT2D eigenvalue weighted by atomic mass is 9.94. The van der Waals surface area contributed by atoms with Crippen molar-refractivity contribution in [1.82, 2.24) is 4.90 Å². The summed E-state index contributed by atoms with van der Waals surface area (Å²) in [7, 11) is 1.92. The second-order valence-electron chi connectivity index (χ2n) is 6.69. The number of ether oxygens (including phenoxy) is 1. The van der Waals surface area contributed by atoms with E-state index in [0.717, 1.165) is 24.2 Å². The van der Waals surface area contributed by atoms with Gasteiger partial charge in [0.2, 0.25) is 0 Å². The molecule has 0 aromatic heterocycles. The van der Waals surface area contributed by atoms with Crippen LogP contribution in [-0.4, -0.2) is 30.0 Å². The molecule has 1 aliphatic rings. The molecule has 22 heavy (non-hydrogen) atoms. The van der Waals surface area contributed by atoms with Gasteiger partial charge in [0.25, 0.3) is 5.91 Å². The van der Waals surface area contributed by atoms with Crippen molar-refractivity contribution >= 4 is 5.91 Å². The molecule has 0 N–H and O–H groups in total. The molecule has 0 unspecified atom stereocenters. The van der Waals surface area contributed by atoms with E-state index in [1.54, 1.807) is 0 Å². The Morgan fingerprint density at radius 1 is 1.14 bits per heavy atom. The number of para-hydroxylation sites is 1. The highest BCUT2D eigenvalue weighted by atomic mass is 16.5. The fourth-order valence-electron chi connectivity index (χ4n) is 3.24. The van der Waals surface area contributed by atoms with Crippen LogP contribution in [0.5, 0.6) is 5.75 Å². The molecule has 2 rings (SSSR count). The van der Waals surface area contributed by atoms with E-state index in [9.17, 15) is 4.79 Å². The molecule has 1 fully saturated rings. The van der Waals surface area contributed by atoms with Crippen LogP contribution in [-0.2, 0) is 4.79 Å². The second kappa shape index (κ2) is 7.66. The number of benzene rings is 1. The van der Waals surface area contributed by atoms with Gasteiger partial charge >= 0.3 is 0 Å². The van der Waals surface area contributed by atoms with E-state index in [0.29, 0.717) is 12.0 Å². The van der Waals surface area contributed by atoms with Crippen LogP contribution in [0.15, 0.2) is 24.3 Å². The van der Waals surface area contributed by atoms with E-state index >= 15 is 0 Å². The molecule has 1 aromatic carbocycles. The molecule has 3 heteroatoms. The summed E-state index contributed by atoms with van der Waals surface area (Å²) in [5, 5.41) is 0. The summed E-state index contributed by atoms with van der Waals surface area (Å²) in [6, 6.07) is 8.39. The van der Waals surface area contributed by atoms with Crippen LogP contribution in [0, 0.1) is 0 Å². The summed E-state index contributed by atoms with van der Waals surface area (Å²) < 4.78 is 5.99. The molecule has 0 saturated heterocycles. The Bertz CT molecular complexity index is 492. The predicted molar refractivity (Wildman–Crippen MR) is 90.3 cm³/mol. The number of hydrogen-bond acceptors (Lipinski definition) is 2. The lowest BCUT2D eigenvalue weighted by Gasteiger charge is -2.33. The van der Waals surface area contributed by atoms with Gasteiger partial charge in [-0.2, -0.15) is 0 Å². The Hall–Kier alpha value is -1.51. The van der Waals surface area contributed by atoms with Crippen molar-refractivity contribution in [3.05, 3.63) is 29.8 Å². The lowest BCUT2D eigenvalue weighted by molar-refractivity contribution is -0.139. The molecule has 1 aromatic rings. The summed E-state index contributed by atoms with van der Waals surface area (Å²) in [4.78, 5) is 14.5. The van der Waals surface area contributed by atoms with E-state index in [-0.39, 0.29) is 5.91 Å². The van der Waals surface area contributed by atoms with Gasteiger partial charge < -0.3 is 9.64 Å². The number of likely N-dealkylation sites (N-methyl/N-ethyl adjacent to an activating group) is 1.